The largest absolute Gasteiger partial charge is 0.508 e. The first-order chi connectivity index (χ1) is 19.0. The predicted molar refractivity (Wildman–Crippen MR) is 132 cm³/mol. The molecule has 14 heteroatoms. The van der Waals surface area contributed by atoms with Gasteiger partial charge in [0.25, 0.3) is 0 Å². The molecule has 5 rings (SSSR count). The Bertz CT molecular complexity index is 1450. The van der Waals surface area contributed by atoms with Crippen molar-refractivity contribution in [3.8, 4) is 28.6 Å². The number of benzene rings is 2. The van der Waals surface area contributed by atoms with Gasteiger partial charge in [0.15, 0.2) is 5.58 Å². The number of aliphatic hydroxyl groups excluding tert-OH is 7. The van der Waals surface area contributed by atoms with Crippen molar-refractivity contribution in [1.29, 1.82) is 0 Å². The number of ether oxygens (including phenoxy) is 2. The number of phenols is 3. The predicted octanol–water partition coefficient (Wildman–Crippen LogP) is -1.75. The zero-order valence-electron chi connectivity index (χ0n) is 20.6. The zero-order chi connectivity index (χ0) is 29.0. The molecule has 0 radical (unpaired) electrons. The summed E-state index contributed by atoms with van der Waals surface area (Å²) in [5.74, 6) is -1.94. The maximum Gasteiger partial charge on any atom is 0.203 e. The van der Waals surface area contributed by atoms with Crippen molar-refractivity contribution in [1.82, 2.24) is 0 Å². The van der Waals surface area contributed by atoms with E-state index in [1.54, 1.807) is 0 Å². The SMILES string of the molecule is O=c1c(C2OC[C@@H](O)[C@H](O)[C@H]2O)c(-c2ccc(O)cc2)oc2c([C@@H]3O[C@H](CO)[C@@H](O)[C@H](O)[C@H]3O)c(O)cc(O)c12. The van der Waals surface area contributed by atoms with Gasteiger partial charge in [-0.25, -0.2) is 0 Å². The molecule has 1 unspecified atom stereocenters. The molecule has 2 fully saturated rings. The van der Waals surface area contributed by atoms with Gasteiger partial charge in [-0.1, -0.05) is 0 Å². The highest BCUT2D eigenvalue weighted by molar-refractivity contribution is 5.90. The minimum Gasteiger partial charge on any atom is -0.508 e. The van der Waals surface area contributed by atoms with Crippen LogP contribution in [0.25, 0.3) is 22.3 Å². The molecule has 0 amide bonds. The minimum atomic E-state index is -1.89. The molecule has 40 heavy (non-hydrogen) atoms. The molecule has 2 aromatic carbocycles. The third kappa shape index (κ3) is 4.49. The van der Waals surface area contributed by atoms with E-state index in [4.69, 9.17) is 13.9 Å². The fraction of sp³-hybridized carbons (Fsp3) is 0.423. The second-order valence-corrected chi connectivity index (χ2v) is 9.81. The third-order valence-electron chi connectivity index (χ3n) is 7.29. The molecule has 216 valence electrons. The van der Waals surface area contributed by atoms with Crippen LogP contribution in [0.4, 0.5) is 0 Å². The van der Waals surface area contributed by atoms with Crippen LogP contribution in [0.15, 0.2) is 39.5 Å². The standard InChI is InChI=1S/C26H28O14/c27-6-13-18(33)20(35)22(37)26(39-13)15-11(30)5-10(29)14-19(34)16(25-21(36)17(32)12(31)7-38-25)23(40-24(14)15)8-1-3-9(28)4-2-8/h1-5,12-13,17-18,20-22,25-33,35-37H,6-7H2/t12-,13-,17+,18-,20+,21-,22-,25?,26+/m1/s1. The van der Waals surface area contributed by atoms with Crippen LogP contribution in [0.5, 0.6) is 17.2 Å². The molecular weight excluding hydrogens is 536 g/mol. The number of fused-ring (bicyclic) bond motifs is 1. The van der Waals surface area contributed by atoms with E-state index >= 15 is 0 Å². The Kier molecular flexibility index (Phi) is 7.47. The van der Waals surface area contributed by atoms with Gasteiger partial charge in [-0.3, -0.25) is 4.79 Å². The van der Waals surface area contributed by atoms with Crippen molar-refractivity contribution in [3.63, 3.8) is 0 Å². The Morgan fingerprint density at radius 2 is 1.43 bits per heavy atom. The van der Waals surface area contributed by atoms with Gasteiger partial charge in [0.1, 0.15) is 83.3 Å². The summed E-state index contributed by atoms with van der Waals surface area (Å²) in [6.45, 7) is -1.25. The van der Waals surface area contributed by atoms with E-state index < -0.39 is 102 Å². The molecule has 0 bridgehead atoms. The van der Waals surface area contributed by atoms with Crippen LogP contribution in [0.2, 0.25) is 0 Å². The van der Waals surface area contributed by atoms with E-state index in [-0.39, 0.29) is 22.6 Å². The van der Waals surface area contributed by atoms with E-state index in [1.807, 2.05) is 0 Å². The fourth-order valence-electron chi connectivity index (χ4n) is 5.13. The van der Waals surface area contributed by atoms with Crippen molar-refractivity contribution in [3.05, 3.63) is 51.7 Å². The number of hydrogen-bond donors (Lipinski definition) is 10. The molecule has 2 aliphatic rings. The number of aliphatic hydroxyl groups is 7. The van der Waals surface area contributed by atoms with Crippen molar-refractivity contribution < 1.29 is 65.0 Å². The summed E-state index contributed by atoms with van der Waals surface area (Å²) in [5.41, 5.74) is -2.14. The van der Waals surface area contributed by atoms with Gasteiger partial charge >= 0.3 is 0 Å². The quantitative estimate of drug-likeness (QED) is 0.169. The van der Waals surface area contributed by atoms with Gasteiger partial charge in [0, 0.05) is 11.6 Å². The molecule has 2 aliphatic heterocycles. The van der Waals surface area contributed by atoms with E-state index in [0.29, 0.717) is 0 Å². The summed E-state index contributed by atoms with van der Waals surface area (Å²) in [6, 6.07) is 5.98. The molecule has 3 aromatic rings. The normalized spacial score (nSPS) is 32.8. The number of phenolic OH excluding ortho intramolecular Hbond substituents is 3. The maximum absolute atomic E-state index is 14.0. The summed E-state index contributed by atoms with van der Waals surface area (Å²) < 4.78 is 17.1. The lowest BCUT2D eigenvalue weighted by atomic mass is 9.88. The average Bonchev–Trinajstić information content (AvgIpc) is 2.92. The molecule has 10 N–H and O–H groups in total. The van der Waals surface area contributed by atoms with E-state index in [0.717, 1.165) is 6.07 Å². The molecule has 9 atom stereocenters. The molecular formula is C26H28O14. The lowest BCUT2D eigenvalue weighted by molar-refractivity contribution is -0.231. The van der Waals surface area contributed by atoms with Crippen LogP contribution in [-0.4, -0.2) is 107 Å². The smallest absolute Gasteiger partial charge is 0.203 e. The minimum absolute atomic E-state index is 0.141. The first-order valence-electron chi connectivity index (χ1n) is 12.3. The lowest BCUT2D eigenvalue weighted by Crippen LogP contribution is -2.55. The molecule has 3 heterocycles. The van der Waals surface area contributed by atoms with Crippen molar-refractivity contribution in [2.75, 3.05) is 13.2 Å². The molecule has 1 aromatic heterocycles. The first kappa shape index (κ1) is 28.2. The van der Waals surface area contributed by atoms with Gasteiger partial charge in [0.05, 0.1) is 24.3 Å². The van der Waals surface area contributed by atoms with Gasteiger partial charge in [0.2, 0.25) is 5.43 Å². The highest BCUT2D eigenvalue weighted by Gasteiger charge is 2.47. The average molecular weight is 564 g/mol. The summed E-state index contributed by atoms with van der Waals surface area (Å²) in [5, 5.41) is 102. The Labute approximate surface area is 224 Å². The van der Waals surface area contributed by atoms with E-state index in [9.17, 15) is 55.9 Å². The van der Waals surface area contributed by atoms with Gasteiger partial charge < -0.3 is 65.0 Å². The monoisotopic (exact) mass is 564 g/mol. The van der Waals surface area contributed by atoms with Gasteiger partial charge in [-0.2, -0.15) is 0 Å². The van der Waals surface area contributed by atoms with Crippen LogP contribution >= 0.6 is 0 Å². The Morgan fingerprint density at radius 1 is 0.775 bits per heavy atom. The molecule has 0 spiro atoms. The van der Waals surface area contributed by atoms with E-state index in [1.165, 1.54) is 24.3 Å². The lowest BCUT2D eigenvalue weighted by Gasteiger charge is -2.40. The van der Waals surface area contributed by atoms with Crippen LogP contribution in [0.3, 0.4) is 0 Å². The molecule has 0 aliphatic carbocycles. The van der Waals surface area contributed by atoms with Crippen molar-refractivity contribution in [2.24, 2.45) is 0 Å². The van der Waals surface area contributed by atoms with Gasteiger partial charge in [-0.15, -0.1) is 0 Å². The van der Waals surface area contributed by atoms with Crippen LogP contribution in [-0.2, 0) is 9.47 Å². The second kappa shape index (κ2) is 10.6. The molecule has 2 saturated heterocycles. The number of rotatable bonds is 4. The van der Waals surface area contributed by atoms with Crippen LogP contribution < -0.4 is 5.43 Å². The Hall–Kier alpha value is -3.31. The summed E-state index contributed by atoms with van der Waals surface area (Å²) in [4.78, 5) is 14.0. The van der Waals surface area contributed by atoms with E-state index in [2.05, 4.69) is 0 Å². The fourth-order valence-corrected chi connectivity index (χ4v) is 5.13. The van der Waals surface area contributed by atoms with Crippen molar-refractivity contribution >= 4 is 11.0 Å². The Morgan fingerprint density at radius 3 is 2.08 bits per heavy atom. The second-order valence-electron chi connectivity index (χ2n) is 9.81. The topological polar surface area (TPSA) is 251 Å². The first-order valence-corrected chi connectivity index (χ1v) is 12.3. The highest BCUT2D eigenvalue weighted by atomic mass is 16.5. The number of hydrogen-bond acceptors (Lipinski definition) is 14. The van der Waals surface area contributed by atoms with Gasteiger partial charge in [-0.05, 0) is 24.3 Å². The third-order valence-corrected chi connectivity index (χ3v) is 7.29. The summed E-state index contributed by atoms with van der Waals surface area (Å²) in [6.07, 6.45) is -15.1. The number of aromatic hydroxyl groups is 3. The van der Waals surface area contributed by atoms with Crippen molar-refractivity contribution in [2.45, 2.75) is 54.9 Å². The maximum atomic E-state index is 14.0. The summed E-state index contributed by atoms with van der Waals surface area (Å²) in [7, 11) is 0. The highest BCUT2D eigenvalue weighted by Crippen LogP contribution is 2.45. The van der Waals surface area contributed by atoms with Crippen LogP contribution in [0, 0.1) is 0 Å². The molecule has 14 nitrogen and oxygen atoms in total. The zero-order valence-corrected chi connectivity index (χ0v) is 20.6. The van der Waals surface area contributed by atoms with Crippen LogP contribution in [0.1, 0.15) is 23.3 Å². The Balaban J connectivity index is 1.81. The molecule has 0 saturated carbocycles. The summed E-state index contributed by atoms with van der Waals surface area (Å²) >= 11 is 0.